The molecule has 41 heavy (non-hydrogen) atoms. The lowest BCUT2D eigenvalue weighted by Crippen LogP contribution is -1.95. The number of para-hydroxylation sites is 4. The number of imidazole rings is 1. The fourth-order valence-corrected chi connectivity index (χ4v) is 8.20. The largest absolute Gasteiger partial charge is 0.309 e. The molecule has 0 unspecified atom stereocenters. The molecule has 0 radical (unpaired) electrons. The lowest BCUT2D eigenvalue weighted by molar-refractivity contribution is 1.18. The zero-order valence-corrected chi connectivity index (χ0v) is 22.7. The third-order valence-electron chi connectivity index (χ3n) is 8.66. The Hall–Kier alpha value is -5.19. The average molecular weight is 540 g/mol. The predicted molar refractivity (Wildman–Crippen MR) is 175 cm³/mol. The van der Waals surface area contributed by atoms with Gasteiger partial charge < -0.3 is 4.57 Å². The van der Waals surface area contributed by atoms with Gasteiger partial charge in [0.05, 0.1) is 27.6 Å². The predicted octanol–water partition coefficient (Wildman–Crippen LogP) is 10.3. The van der Waals surface area contributed by atoms with Crippen molar-refractivity contribution in [2.45, 2.75) is 0 Å². The first-order chi connectivity index (χ1) is 20.3. The van der Waals surface area contributed by atoms with Crippen LogP contribution in [-0.2, 0) is 0 Å². The van der Waals surface area contributed by atoms with Gasteiger partial charge in [-0.25, -0.2) is 4.98 Å². The second kappa shape index (κ2) is 7.72. The molecule has 190 valence electrons. The number of hydrogen-bond donors (Lipinski definition) is 0. The Morgan fingerprint density at radius 1 is 0.488 bits per heavy atom. The van der Waals surface area contributed by atoms with Crippen LogP contribution in [0.2, 0.25) is 0 Å². The molecule has 0 atom stereocenters. The van der Waals surface area contributed by atoms with Crippen LogP contribution in [-0.4, -0.2) is 14.0 Å². The number of rotatable bonds is 1. The lowest BCUT2D eigenvalue weighted by Gasteiger charge is -2.12. The van der Waals surface area contributed by atoms with Crippen molar-refractivity contribution in [2.75, 3.05) is 0 Å². The molecular weight excluding hydrogens is 518 g/mol. The Kier molecular flexibility index (Phi) is 4.07. The molecule has 0 aliphatic heterocycles. The molecule has 0 aliphatic rings. The van der Waals surface area contributed by atoms with Gasteiger partial charge in [-0.2, -0.15) is 0 Å². The van der Waals surface area contributed by atoms with Crippen LogP contribution in [0.15, 0.2) is 127 Å². The summed E-state index contributed by atoms with van der Waals surface area (Å²) in [4.78, 5) is 5.23. The highest BCUT2D eigenvalue weighted by atomic mass is 32.1. The summed E-state index contributed by atoms with van der Waals surface area (Å²) in [6, 6.07) is 46.1. The third kappa shape index (κ3) is 2.75. The van der Waals surface area contributed by atoms with Gasteiger partial charge in [0, 0.05) is 47.4 Å². The molecule has 0 bridgehead atoms. The van der Waals surface area contributed by atoms with Gasteiger partial charge in [-0.15, -0.1) is 11.3 Å². The highest BCUT2D eigenvalue weighted by Gasteiger charge is 2.20. The minimum atomic E-state index is 1.01. The minimum absolute atomic E-state index is 1.01. The first-order valence-corrected chi connectivity index (χ1v) is 14.7. The molecule has 0 aliphatic carbocycles. The highest BCUT2D eigenvalue weighted by Crippen LogP contribution is 2.44. The molecule has 4 heterocycles. The molecule has 4 aromatic heterocycles. The second-order valence-electron chi connectivity index (χ2n) is 10.8. The molecule has 6 aromatic carbocycles. The van der Waals surface area contributed by atoms with Crippen LogP contribution < -0.4 is 0 Å². The SMILES string of the molecule is c1ccc(-n2c3ccccc3c3cc4c(cc32)c2c3sc5ccccc5c3ccc2n2c3ccccc3nc42)cc1. The van der Waals surface area contributed by atoms with Crippen LogP contribution in [0.4, 0.5) is 0 Å². The molecule has 0 spiro atoms. The quantitative estimate of drug-likeness (QED) is 0.190. The van der Waals surface area contributed by atoms with E-state index < -0.39 is 0 Å². The van der Waals surface area contributed by atoms with E-state index in [9.17, 15) is 0 Å². The topological polar surface area (TPSA) is 22.2 Å². The number of pyridine rings is 1. The van der Waals surface area contributed by atoms with Crippen molar-refractivity contribution in [2.24, 2.45) is 0 Å². The maximum absolute atomic E-state index is 5.23. The van der Waals surface area contributed by atoms with E-state index in [4.69, 9.17) is 4.98 Å². The minimum Gasteiger partial charge on any atom is -0.309 e. The summed E-state index contributed by atoms with van der Waals surface area (Å²) in [6.45, 7) is 0. The van der Waals surface area contributed by atoms with Crippen LogP contribution in [0.3, 0.4) is 0 Å². The van der Waals surface area contributed by atoms with Crippen molar-refractivity contribution < 1.29 is 0 Å². The van der Waals surface area contributed by atoms with E-state index >= 15 is 0 Å². The third-order valence-corrected chi connectivity index (χ3v) is 9.87. The number of benzene rings is 6. The van der Waals surface area contributed by atoms with Crippen molar-refractivity contribution in [3.63, 3.8) is 0 Å². The van der Waals surface area contributed by atoms with Gasteiger partial charge in [0.1, 0.15) is 5.65 Å². The summed E-state index contributed by atoms with van der Waals surface area (Å²) in [7, 11) is 0. The van der Waals surface area contributed by atoms with E-state index in [-0.39, 0.29) is 0 Å². The molecule has 10 rings (SSSR count). The summed E-state index contributed by atoms with van der Waals surface area (Å²) < 4.78 is 7.43. The summed E-state index contributed by atoms with van der Waals surface area (Å²) in [5.74, 6) is 0. The van der Waals surface area contributed by atoms with Gasteiger partial charge in [-0.3, -0.25) is 4.40 Å². The van der Waals surface area contributed by atoms with Crippen molar-refractivity contribution >= 4 is 91.7 Å². The summed E-state index contributed by atoms with van der Waals surface area (Å²) >= 11 is 1.89. The monoisotopic (exact) mass is 539 g/mol. The van der Waals surface area contributed by atoms with E-state index in [1.165, 1.54) is 69.3 Å². The Labute approximate surface area is 238 Å². The molecular formula is C37H21N3S. The highest BCUT2D eigenvalue weighted by molar-refractivity contribution is 7.26. The van der Waals surface area contributed by atoms with Crippen LogP contribution in [0.5, 0.6) is 0 Å². The number of fused-ring (bicyclic) bond motifs is 15. The van der Waals surface area contributed by atoms with E-state index in [1.807, 2.05) is 11.3 Å². The molecule has 0 saturated carbocycles. The van der Waals surface area contributed by atoms with E-state index in [1.54, 1.807) is 0 Å². The van der Waals surface area contributed by atoms with Crippen LogP contribution in [0.25, 0.3) is 86.0 Å². The lowest BCUT2D eigenvalue weighted by atomic mass is 10.0. The van der Waals surface area contributed by atoms with Crippen LogP contribution >= 0.6 is 11.3 Å². The number of aromatic nitrogens is 3. The molecule has 10 aromatic rings. The van der Waals surface area contributed by atoms with Crippen molar-refractivity contribution in [3.8, 4) is 5.69 Å². The van der Waals surface area contributed by atoms with Crippen molar-refractivity contribution in [3.05, 3.63) is 127 Å². The Balaban J connectivity index is 1.52. The maximum Gasteiger partial charge on any atom is 0.146 e. The average Bonchev–Trinajstić information content (AvgIpc) is 3.70. The van der Waals surface area contributed by atoms with Crippen LogP contribution in [0, 0.1) is 0 Å². The molecule has 0 amide bonds. The fraction of sp³-hybridized carbons (Fsp3) is 0. The zero-order valence-electron chi connectivity index (χ0n) is 21.9. The van der Waals surface area contributed by atoms with E-state index in [0.29, 0.717) is 0 Å². The van der Waals surface area contributed by atoms with Gasteiger partial charge >= 0.3 is 0 Å². The fourth-order valence-electron chi connectivity index (χ4n) is 6.94. The molecule has 0 fully saturated rings. The van der Waals surface area contributed by atoms with Gasteiger partial charge in [0.25, 0.3) is 0 Å². The van der Waals surface area contributed by atoms with Gasteiger partial charge in [-0.05, 0) is 60.0 Å². The van der Waals surface area contributed by atoms with Gasteiger partial charge in [-0.1, -0.05) is 72.8 Å². The van der Waals surface area contributed by atoms with Crippen LogP contribution in [0.1, 0.15) is 0 Å². The smallest absolute Gasteiger partial charge is 0.146 e. The first kappa shape index (κ1) is 21.6. The maximum atomic E-state index is 5.23. The second-order valence-corrected chi connectivity index (χ2v) is 11.8. The summed E-state index contributed by atoms with van der Waals surface area (Å²) in [5, 5.41) is 8.84. The normalized spacial score (nSPS) is 12.4. The summed E-state index contributed by atoms with van der Waals surface area (Å²) in [5.41, 5.74) is 7.96. The Morgan fingerprint density at radius 3 is 2.15 bits per heavy atom. The standard InChI is InChI=1S/C37H21N3S/c1-2-10-22(11-3-1)39-30-15-7-4-12-23(30)26-20-28-27(21-33(26)39)35-32(40-31-16-8-6-14-29(31)38-37(28)40)19-18-25-24-13-5-9-17-34(24)41-36(25)35/h1-21H. The summed E-state index contributed by atoms with van der Waals surface area (Å²) in [6.07, 6.45) is 0. The first-order valence-electron chi connectivity index (χ1n) is 13.9. The Morgan fingerprint density at radius 2 is 1.24 bits per heavy atom. The number of thiophene rings is 1. The van der Waals surface area contributed by atoms with Crippen molar-refractivity contribution in [1.82, 2.24) is 14.0 Å². The van der Waals surface area contributed by atoms with Crippen molar-refractivity contribution in [1.29, 1.82) is 0 Å². The van der Waals surface area contributed by atoms with Gasteiger partial charge in [0.2, 0.25) is 0 Å². The molecule has 3 nitrogen and oxygen atoms in total. The zero-order chi connectivity index (χ0) is 26.7. The molecule has 4 heteroatoms. The van der Waals surface area contributed by atoms with E-state index in [0.717, 1.165) is 16.7 Å². The van der Waals surface area contributed by atoms with E-state index in [2.05, 4.69) is 136 Å². The number of hydrogen-bond acceptors (Lipinski definition) is 2. The molecule has 0 N–H and O–H groups in total. The molecule has 0 saturated heterocycles. The number of nitrogens with zero attached hydrogens (tertiary/aromatic N) is 3. The van der Waals surface area contributed by atoms with Gasteiger partial charge in [0.15, 0.2) is 0 Å². The Bertz CT molecular complexity index is 2690.